The number of para-hydroxylation sites is 1. The number of nitrogens with two attached hydrogens (primary N) is 1. The van der Waals surface area contributed by atoms with E-state index in [0.29, 0.717) is 25.1 Å². The highest BCUT2D eigenvalue weighted by atomic mass is 16.2. The highest BCUT2D eigenvalue weighted by Crippen LogP contribution is 2.19. The maximum atomic E-state index is 13.1. The lowest BCUT2D eigenvalue weighted by Crippen LogP contribution is -2.43. The summed E-state index contributed by atoms with van der Waals surface area (Å²) in [7, 11) is 0. The van der Waals surface area contributed by atoms with E-state index in [1.807, 2.05) is 26.8 Å². The molecule has 2 aromatic rings. The van der Waals surface area contributed by atoms with Crippen LogP contribution in [0.4, 0.5) is 22.0 Å². The summed E-state index contributed by atoms with van der Waals surface area (Å²) in [6.07, 6.45) is 2.15. The fourth-order valence-electron chi connectivity index (χ4n) is 3.24. The van der Waals surface area contributed by atoms with Crippen LogP contribution in [0.3, 0.4) is 0 Å². The van der Waals surface area contributed by atoms with Gasteiger partial charge in [0.05, 0.1) is 0 Å². The largest absolute Gasteiger partial charge is 0.383 e. The Bertz CT molecular complexity index is 1050. The van der Waals surface area contributed by atoms with Crippen LogP contribution in [-0.4, -0.2) is 34.6 Å². The van der Waals surface area contributed by atoms with Gasteiger partial charge in [-0.3, -0.25) is 19.1 Å². The third-order valence-electron chi connectivity index (χ3n) is 5.11. The van der Waals surface area contributed by atoms with Crippen molar-refractivity contribution in [1.29, 1.82) is 0 Å². The number of anilines is 3. The van der Waals surface area contributed by atoms with Gasteiger partial charge in [0.15, 0.2) is 5.69 Å². The number of carbonyl (C=O) groups excluding carboxylic acids is 2. The summed E-state index contributed by atoms with van der Waals surface area (Å²) in [5.74, 6) is -0.112. The minimum absolute atomic E-state index is 0.0231. The van der Waals surface area contributed by atoms with Crippen molar-refractivity contribution in [2.24, 2.45) is 5.92 Å². The number of aromatic nitrogens is 2. The third kappa shape index (κ3) is 7.51. The second-order valence-corrected chi connectivity index (χ2v) is 8.22. The van der Waals surface area contributed by atoms with E-state index in [9.17, 15) is 19.2 Å². The van der Waals surface area contributed by atoms with E-state index in [2.05, 4.69) is 15.6 Å². The van der Waals surface area contributed by atoms with Gasteiger partial charge in [-0.25, -0.2) is 9.59 Å². The molecule has 2 rings (SSSR count). The highest BCUT2D eigenvalue weighted by molar-refractivity contribution is 5.96. The van der Waals surface area contributed by atoms with E-state index >= 15 is 0 Å². The first-order valence-electron chi connectivity index (χ1n) is 11.3. The van der Waals surface area contributed by atoms with Gasteiger partial charge in [-0.1, -0.05) is 45.4 Å². The third-order valence-corrected chi connectivity index (χ3v) is 5.11. The van der Waals surface area contributed by atoms with Crippen molar-refractivity contribution in [2.75, 3.05) is 29.0 Å². The lowest BCUT2D eigenvalue weighted by atomic mass is 10.1. The summed E-state index contributed by atoms with van der Waals surface area (Å²) in [5.41, 5.74) is 5.52. The van der Waals surface area contributed by atoms with Crippen molar-refractivity contribution in [3.8, 4) is 0 Å². The monoisotopic (exact) mass is 458 g/mol. The van der Waals surface area contributed by atoms with Gasteiger partial charge in [0.1, 0.15) is 5.82 Å². The number of carbonyl (C=O) groups is 2. The number of H-pyrrole nitrogens is 1. The van der Waals surface area contributed by atoms with Crippen LogP contribution >= 0.6 is 0 Å². The molecule has 0 aliphatic heterocycles. The summed E-state index contributed by atoms with van der Waals surface area (Å²) in [4.78, 5) is 53.6. The zero-order valence-electron chi connectivity index (χ0n) is 19.5. The van der Waals surface area contributed by atoms with Gasteiger partial charge in [-0.15, -0.1) is 0 Å². The Hall–Kier alpha value is -3.56. The Kier molecular flexibility index (Phi) is 9.71. The van der Waals surface area contributed by atoms with Crippen LogP contribution in [-0.2, 0) is 11.3 Å². The second-order valence-electron chi connectivity index (χ2n) is 8.22. The quantitative estimate of drug-likeness (QED) is 0.409. The fraction of sp³-hybridized carbons (Fsp3) is 0.478. The number of hydrogen-bond donors (Lipinski definition) is 4. The number of unbranched alkanes of at least 4 members (excludes halogenated alkanes) is 1. The van der Waals surface area contributed by atoms with Crippen molar-refractivity contribution in [1.82, 2.24) is 14.9 Å². The van der Waals surface area contributed by atoms with Gasteiger partial charge in [0, 0.05) is 31.7 Å². The van der Waals surface area contributed by atoms with E-state index in [-0.39, 0.29) is 42.8 Å². The molecule has 1 aromatic heterocycles. The van der Waals surface area contributed by atoms with E-state index in [1.165, 1.54) is 9.47 Å². The lowest BCUT2D eigenvalue weighted by molar-refractivity contribution is -0.118. The van der Waals surface area contributed by atoms with Crippen LogP contribution in [0.25, 0.3) is 0 Å². The Labute approximate surface area is 193 Å². The molecule has 0 saturated carbocycles. The number of aromatic amines is 1. The Morgan fingerprint density at radius 3 is 2.52 bits per heavy atom. The number of nitrogens with zero attached hydrogens (tertiary/aromatic N) is 2. The zero-order valence-corrected chi connectivity index (χ0v) is 19.5. The molecule has 0 bridgehead atoms. The van der Waals surface area contributed by atoms with Crippen LogP contribution < -0.4 is 32.5 Å². The minimum atomic E-state index is -0.697. The van der Waals surface area contributed by atoms with Gasteiger partial charge in [0.25, 0.3) is 5.56 Å². The SMILES string of the molecule is CCCCn1c(N)c(N(CCC(C)C)C(=O)CCNC(=O)Nc2ccccc2)c(=O)[nH]c1=O. The molecule has 0 unspecified atom stereocenters. The van der Waals surface area contributed by atoms with Crippen molar-refractivity contribution in [3.05, 3.63) is 51.2 Å². The Balaban J connectivity index is 2.17. The topological polar surface area (TPSA) is 142 Å². The molecule has 33 heavy (non-hydrogen) atoms. The molecule has 10 heteroatoms. The van der Waals surface area contributed by atoms with Crippen LogP contribution in [0.5, 0.6) is 0 Å². The molecule has 0 radical (unpaired) electrons. The van der Waals surface area contributed by atoms with Crippen LogP contribution in [0, 0.1) is 5.92 Å². The van der Waals surface area contributed by atoms with Gasteiger partial charge in [0.2, 0.25) is 5.91 Å². The number of benzene rings is 1. The van der Waals surface area contributed by atoms with Gasteiger partial charge in [-0.05, 0) is 30.9 Å². The number of hydrogen-bond acceptors (Lipinski definition) is 5. The van der Waals surface area contributed by atoms with E-state index in [4.69, 9.17) is 5.73 Å². The molecule has 5 N–H and O–H groups in total. The number of nitrogens with one attached hydrogen (secondary N) is 3. The molecule has 0 aliphatic carbocycles. The van der Waals surface area contributed by atoms with Crippen molar-refractivity contribution >= 4 is 29.1 Å². The van der Waals surface area contributed by atoms with Crippen molar-refractivity contribution < 1.29 is 9.59 Å². The predicted molar refractivity (Wildman–Crippen MR) is 131 cm³/mol. The molecule has 10 nitrogen and oxygen atoms in total. The first-order valence-corrected chi connectivity index (χ1v) is 11.3. The Morgan fingerprint density at radius 1 is 1.18 bits per heavy atom. The molecule has 1 heterocycles. The first kappa shape index (κ1) is 25.7. The predicted octanol–water partition coefficient (Wildman–Crippen LogP) is 2.51. The molecule has 0 saturated heterocycles. The second kappa shape index (κ2) is 12.5. The normalized spacial score (nSPS) is 10.8. The van der Waals surface area contributed by atoms with E-state index < -0.39 is 17.3 Å². The van der Waals surface area contributed by atoms with Crippen LogP contribution in [0.2, 0.25) is 0 Å². The fourth-order valence-corrected chi connectivity index (χ4v) is 3.24. The molecule has 0 spiro atoms. The van der Waals surface area contributed by atoms with Gasteiger partial charge >= 0.3 is 11.7 Å². The van der Waals surface area contributed by atoms with Crippen LogP contribution in [0.1, 0.15) is 46.5 Å². The molecule has 1 aromatic carbocycles. The number of amides is 3. The number of urea groups is 1. The Morgan fingerprint density at radius 2 is 1.88 bits per heavy atom. The standard InChI is InChI=1S/C23H34N6O4/c1-4-5-14-29-20(24)19(21(31)27-23(29)33)28(15-12-16(2)3)18(30)11-13-25-22(32)26-17-9-7-6-8-10-17/h6-10,16H,4-5,11-15,24H2,1-3H3,(H2,25,26,32)(H,27,31,33). The molecule has 0 aliphatic rings. The van der Waals surface area contributed by atoms with Crippen LogP contribution in [0.15, 0.2) is 39.9 Å². The summed E-state index contributed by atoms with van der Waals surface area (Å²) in [6, 6.07) is 8.50. The molecule has 0 fully saturated rings. The zero-order chi connectivity index (χ0) is 24.4. The summed E-state index contributed by atoms with van der Waals surface area (Å²) < 4.78 is 1.29. The number of nitrogen functional groups attached to an aromatic ring is 1. The summed E-state index contributed by atoms with van der Waals surface area (Å²) in [5, 5.41) is 5.32. The average Bonchev–Trinajstić information content (AvgIpc) is 2.76. The van der Waals surface area contributed by atoms with Crippen molar-refractivity contribution in [2.45, 2.75) is 53.0 Å². The summed E-state index contributed by atoms with van der Waals surface area (Å²) >= 11 is 0. The smallest absolute Gasteiger partial charge is 0.330 e. The van der Waals surface area contributed by atoms with E-state index in [1.54, 1.807) is 24.3 Å². The maximum absolute atomic E-state index is 13.1. The molecular weight excluding hydrogens is 424 g/mol. The molecular formula is C23H34N6O4. The van der Waals surface area contributed by atoms with E-state index in [0.717, 1.165) is 6.42 Å². The molecule has 180 valence electrons. The van der Waals surface area contributed by atoms with Crippen molar-refractivity contribution in [3.63, 3.8) is 0 Å². The maximum Gasteiger partial charge on any atom is 0.330 e. The highest BCUT2D eigenvalue weighted by Gasteiger charge is 2.24. The molecule has 3 amide bonds. The van der Waals surface area contributed by atoms with Gasteiger partial charge in [-0.2, -0.15) is 0 Å². The van der Waals surface area contributed by atoms with Gasteiger partial charge < -0.3 is 21.3 Å². The number of rotatable bonds is 11. The average molecular weight is 459 g/mol. The summed E-state index contributed by atoms with van der Waals surface area (Å²) in [6.45, 7) is 6.68. The minimum Gasteiger partial charge on any atom is -0.383 e. The lowest BCUT2D eigenvalue weighted by Gasteiger charge is -2.25. The molecule has 0 atom stereocenters. The first-order chi connectivity index (χ1) is 15.7.